The van der Waals surface area contributed by atoms with Crippen LogP contribution in [0.5, 0.6) is 5.75 Å². The molecule has 220 valence electrons. The maximum atomic E-state index is 13.2. The van der Waals surface area contributed by atoms with Crippen molar-refractivity contribution in [2.45, 2.75) is 88.9 Å². The number of rotatable bonds is 9. The molecule has 3 aliphatic rings. The number of piperidine rings is 1. The van der Waals surface area contributed by atoms with E-state index in [1.807, 2.05) is 4.90 Å². The first-order valence-electron chi connectivity index (χ1n) is 14.3. The fourth-order valence-corrected chi connectivity index (χ4v) is 8.59. The van der Waals surface area contributed by atoms with E-state index in [0.29, 0.717) is 35.0 Å². The van der Waals surface area contributed by atoms with E-state index in [2.05, 4.69) is 30.6 Å². The van der Waals surface area contributed by atoms with Gasteiger partial charge in [0.25, 0.3) is 0 Å². The molecule has 2 bridgehead atoms. The van der Waals surface area contributed by atoms with Crippen LogP contribution in [0.15, 0.2) is 17.0 Å². The second-order valence-electron chi connectivity index (χ2n) is 12.5. The van der Waals surface area contributed by atoms with Gasteiger partial charge in [-0.3, -0.25) is 14.6 Å². The van der Waals surface area contributed by atoms with E-state index in [9.17, 15) is 13.2 Å². The molecule has 9 nitrogen and oxygen atoms in total. The van der Waals surface area contributed by atoms with Crippen molar-refractivity contribution in [2.75, 3.05) is 60.1 Å². The topological polar surface area (TPSA) is 82.6 Å². The van der Waals surface area contributed by atoms with Crippen LogP contribution in [0.25, 0.3) is 0 Å². The number of sulfonamides is 1. The Morgan fingerprint density at radius 1 is 1.00 bits per heavy atom. The minimum absolute atomic E-state index is 0.0235. The third kappa shape index (κ3) is 6.62. The van der Waals surface area contributed by atoms with Gasteiger partial charge in [0.2, 0.25) is 15.9 Å². The molecule has 0 radical (unpaired) electrons. The minimum Gasteiger partial charge on any atom is -0.497 e. The van der Waals surface area contributed by atoms with Crippen LogP contribution in [-0.4, -0.2) is 117 Å². The Labute approximate surface area is 235 Å². The standard InChI is InChI=1S/C29H48N4O5S/c1-21-16-26(37-7)17-22(2)28(21)39(35,36)30(6)14-15-38-20-27(34)32-12-10-31(11-13-32)25-18-23-8-9-24(19-25)33(23)29(3,4)5/h16-17,23-25H,8-15,18-20H2,1-7H3. The zero-order valence-corrected chi connectivity index (χ0v) is 25.7. The summed E-state index contributed by atoms with van der Waals surface area (Å²) in [4.78, 5) is 20.3. The second-order valence-corrected chi connectivity index (χ2v) is 14.5. The number of amides is 1. The Balaban J connectivity index is 1.20. The van der Waals surface area contributed by atoms with Crippen LogP contribution in [0, 0.1) is 13.8 Å². The van der Waals surface area contributed by atoms with Gasteiger partial charge < -0.3 is 14.4 Å². The monoisotopic (exact) mass is 564 g/mol. The number of aryl methyl sites for hydroxylation is 2. The Morgan fingerprint density at radius 3 is 2.08 bits per heavy atom. The molecule has 39 heavy (non-hydrogen) atoms. The fourth-order valence-electron chi connectivity index (χ4n) is 7.03. The van der Waals surface area contributed by atoms with Gasteiger partial charge in [-0.25, -0.2) is 8.42 Å². The summed E-state index contributed by atoms with van der Waals surface area (Å²) in [5.41, 5.74) is 1.51. The molecule has 0 N–H and O–H groups in total. The zero-order chi connectivity index (χ0) is 28.5. The average molecular weight is 565 g/mol. The van der Waals surface area contributed by atoms with E-state index in [-0.39, 0.29) is 36.1 Å². The number of fused-ring (bicyclic) bond motifs is 2. The van der Waals surface area contributed by atoms with Gasteiger partial charge in [-0.15, -0.1) is 0 Å². The molecule has 10 heteroatoms. The first-order valence-corrected chi connectivity index (χ1v) is 15.8. The van der Waals surface area contributed by atoms with Crippen molar-refractivity contribution in [1.29, 1.82) is 0 Å². The van der Waals surface area contributed by atoms with E-state index in [4.69, 9.17) is 9.47 Å². The summed E-state index contributed by atoms with van der Waals surface area (Å²) in [6, 6.07) is 5.43. The summed E-state index contributed by atoms with van der Waals surface area (Å²) in [6.45, 7) is 14.1. The van der Waals surface area contributed by atoms with Gasteiger partial charge in [0.05, 0.1) is 18.6 Å². The Morgan fingerprint density at radius 2 is 1.56 bits per heavy atom. The third-order valence-corrected chi connectivity index (χ3v) is 10.9. The normalized spacial score (nSPS) is 24.9. The lowest BCUT2D eigenvalue weighted by Gasteiger charge is -2.50. The smallest absolute Gasteiger partial charge is 0.248 e. The van der Waals surface area contributed by atoms with Gasteiger partial charge in [0.1, 0.15) is 12.4 Å². The summed E-state index contributed by atoms with van der Waals surface area (Å²) < 4.78 is 38.5. The van der Waals surface area contributed by atoms with Gasteiger partial charge in [-0.1, -0.05) is 0 Å². The van der Waals surface area contributed by atoms with E-state index >= 15 is 0 Å². The quantitative estimate of drug-likeness (QED) is 0.427. The van der Waals surface area contributed by atoms with Gasteiger partial charge in [-0.05, 0) is 83.6 Å². The lowest BCUT2D eigenvalue weighted by atomic mass is 9.90. The maximum absolute atomic E-state index is 13.2. The van der Waals surface area contributed by atoms with E-state index < -0.39 is 10.0 Å². The predicted molar refractivity (Wildman–Crippen MR) is 153 cm³/mol. The molecule has 1 amide bonds. The first kappa shape index (κ1) is 30.2. The van der Waals surface area contributed by atoms with Crippen LogP contribution in [0.4, 0.5) is 0 Å². The number of piperazine rings is 1. The van der Waals surface area contributed by atoms with Crippen molar-refractivity contribution in [3.63, 3.8) is 0 Å². The van der Waals surface area contributed by atoms with E-state index in [0.717, 1.165) is 26.2 Å². The lowest BCUT2D eigenvalue weighted by Crippen LogP contribution is -2.59. The highest BCUT2D eigenvalue weighted by Gasteiger charge is 2.46. The fraction of sp³-hybridized carbons (Fsp3) is 0.759. The Hall–Kier alpha value is -1.72. The number of methoxy groups -OCH3 is 1. The van der Waals surface area contributed by atoms with E-state index in [1.165, 1.54) is 30.0 Å². The maximum Gasteiger partial charge on any atom is 0.248 e. The molecular weight excluding hydrogens is 516 g/mol. The van der Waals surface area contributed by atoms with Crippen molar-refractivity contribution in [1.82, 2.24) is 19.0 Å². The van der Waals surface area contributed by atoms with Crippen molar-refractivity contribution >= 4 is 15.9 Å². The number of carbonyl (C=O) groups excluding carboxylic acids is 1. The number of benzene rings is 1. The number of ether oxygens (including phenoxy) is 2. The van der Waals surface area contributed by atoms with Crippen LogP contribution in [0.2, 0.25) is 0 Å². The molecular formula is C29H48N4O5S. The van der Waals surface area contributed by atoms with Gasteiger partial charge in [-0.2, -0.15) is 4.31 Å². The number of carbonyl (C=O) groups is 1. The molecule has 2 atom stereocenters. The summed E-state index contributed by atoms with van der Waals surface area (Å²) in [5, 5.41) is 0. The summed E-state index contributed by atoms with van der Waals surface area (Å²) in [7, 11) is -0.579. The molecule has 3 heterocycles. The zero-order valence-electron chi connectivity index (χ0n) is 24.9. The molecule has 3 fully saturated rings. The van der Waals surface area contributed by atoms with Crippen molar-refractivity contribution in [3.05, 3.63) is 23.3 Å². The van der Waals surface area contributed by atoms with Crippen LogP contribution in [0.3, 0.4) is 0 Å². The van der Waals surface area contributed by atoms with Crippen molar-refractivity contribution < 1.29 is 22.7 Å². The van der Waals surface area contributed by atoms with Crippen molar-refractivity contribution in [2.24, 2.45) is 0 Å². The van der Waals surface area contributed by atoms with Crippen LogP contribution in [-0.2, 0) is 19.6 Å². The van der Waals surface area contributed by atoms with Crippen LogP contribution < -0.4 is 4.74 Å². The summed E-state index contributed by atoms with van der Waals surface area (Å²) >= 11 is 0. The molecule has 0 spiro atoms. The summed E-state index contributed by atoms with van der Waals surface area (Å²) in [6.07, 6.45) is 5.09. The minimum atomic E-state index is -3.68. The lowest BCUT2D eigenvalue weighted by molar-refractivity contribution is -0.138. The highest BCUT2D eigenvalue weighted by Crippen LogP contribution is 2.42. The molecule has 2 unspecified atom stereocenters. The molecule has 0 aromatic heterocycles. The Kier molecular flexibility index (Phi) is 9.33. The highest BCUT2D eigenvalue weighted by atomic mass is 32.2. The summed E-state index contributed by atoms with van der Waals surface area (Å²) in [5.74, 6) is 0.608. The predicted octanol–water partition coefficient (Wildman–Crippen LogP) is 2.89. The average Bonchev–Trinajstić information content (AvgIpc) is 3.16. The third-order valence-electron chi connectivity index (χ3n) is 8.78. The van der Waals surface area contributed by atoms with Gasteiger partial charge in [0, 0.05) is 63.4 Å². The molecule has 1 aromatic rings. The van der Waals surface area contributed by atoms with Crippen LogP contribution >= 0.6 is 0 Å². The molecule has 3 aliphatic heterocycles. The molecule has 3 saturated heterocycles. The number of hydrogen-bond donors (Lipinski definition) is 0. The van der Waals surface area contributed by atoms with Crippen molar-refractivity contribution in [3.8, 4) is 5.75 Å². The Bertz CT molecular complexity index is 1090. The van der Waals surface area contributed by atoms with E-state index in [1.54, 1.807) is 40.1 Å². The molecule has 0 saturated carbocycles. The second kappa shape index (κ2) is 12.0. The van der Waals surface area contributed by atoms with Gasteiger partial charge in [0.15, 0.2) is 0 Å². The first-order chi connectivity index (χ1) is 18.3. The number of likely N-dealkylation sites (N-methyl/N-ethyl adjacent to an activating group) is 1. The van der Waals surface area contributed by atoms with Crippen LogP contribution in [0.1, 0.15) is 57.6 Å². The SMILES string of the molecule is COc1cc(C)c(S(=O)(=O)N(C)CCOCC(=O)N2CCN(C3CC4CCC(C3)N4C(C)(C)C)CC2)c(C)c1. The number of hydrogen-bond acceptors (Lipinski definition) is 7. The highest BCUT2D eigenvalue weighted by molar-refractivity contribution is 7.89. The largest absolute Gasteiger partial charge is 0.497 e. The molecule has 1 aromatic carbocycles. The number of nitrogens with zero attached hydrogens (tertiary/aromatic N) is 4. The van der Waals surface area contributed by atoms with Gasteiger partial charge >= 0.3 is 0 Å². The molecule has 4 rings (SSSR count). The molecule has 0 aliphatic carbocycles.